The van der Waals surface area contributed by atoms with Crippen molar-refractivity contribution in [3.05, 3.63) is 87.9 Å². The fourth-order valence-electron chi connectivity index (χ4n) is 5.34. The highest BCUT2D eigenvalue weighted by Crippen LogP contribution is 2.30. The Morgan fingerprint density at radius 3 is 2.32 bits per heavy atom. The van der Waals surface area contributed by atoms with Gasteiger partial charge in [0.1, 0.15) is 5.69 Å². The fraction of sp³-hybridized carbons (Fsp3) is 0.345. The molecule has 0 saturated heterocycles. The number of carbonyl (C=O) groups is 2. The molecule has 1 aromatic carbocycles. The average Bonchev–Trinajstić information content (AvgIpc) is 3.24. The summed E-state index contributed by atoms with van der Waals surface area (Å²) in [6.07, 6.45) is 0.393. The first-order chi connectivity index (χ1) is 19.6. The van der Waals surface area contributed by atoms with Crippen LogP contribution >= 0.6 is 0 Å². The van der Waals surface area contributed by atoms with Crippen LogP contribution < -0.4 is 16.3 Å². The van der Waals surface area contributed by atoms with E-state index in [0.717, 1.165) is 36.1 Å². The number of nitrogens with zero attached hydrogens (tertiary/aromatic N) is 4. The number of para-hydroxylation sites is 2. The van der Waals surface area contributed by atoms with Crippen molar-refractivity contribution in [1.82, 2.24) is 29.7 Å². The summed E-state index contributed by atoms with van der Waals surface area (Å²) < 4.78 is 42.6. The van der Waals surface area contributed by atoms with Crippen molar-refractivity contribution in [2.45, 2.75) is 51.4 Å². The Morgan fingerprint density at radius 1 is 0.976 bits per heavy atom. The number of aromatic nitrogens is 4. The maximum absolute atomic E-state index is 13.6. The van der Waals surface area contributed by atoms with Crippen LogP contribution in [0.25, 0.3) is 16.7 Å². The van der Waals surface area contributed by atoms with Gasteiger partial charge in [-0.1, -0.05) is 12.1 Å². The number of imidazole rings is 1. The number of alkyl halides is 3. The number of rotatable bonds is 6. The van der Waals surface area contributed by atoms with E-state index >= 15 is 0 Å². The number of pyridine rings is 2. The quantitative estimate of drug-likeness (QED) is 0.363. The van der Waals surface area contributed by atoms with Gasteiger partial charge in [-0.25, -0.2) is 9.78 Å². The van der Waals surface area contributed by atoms with Crippen LogP contribution in [0.15, 0.2) is 59.7 Å². The van der Waals surface area contributed by atoms with Gasteiger partial charge in [-0.05, 0) is 68.9 Å². The highest BCUT2D eigenvalue weighted by atomic mass is 19.4. The zero-order chi connectivity index (χ0) is 29.3. The highest BCUT2D eigenvalue weighted by molar-refractivity contribution is 5.95. The summed E-state index contributed by atoms with van der Waals surface area (Å²) in [5.74, 6) is -0.717. The molecule has 0 bridgehead atoms. The molecule has 41 heavy (non-hydrogen) atoms. The lowest BCUT2D eigenvalue weighted by Gasteiger charge is -2.29. The lowest BCUT2D eigenvalue weighted by molar-refractivity contribution is -0.137. The predicted octanol–water partition coefficient (Wildman–Crippen LogP) is 4.26. The lowest BCUT2D eigenvalue weighted by atomic mass is 9.85. The van der Waals surface area contributed by atoms with Crippen LogP contribution in [-0.4, -0.2) is 44.0 Å². The Morgan fingerprint density at radius 2 is 1.68 bits per heavy atom. The van der Waals surface area contributed by atoms with E-state index in [-0.39, 0.29) is 40.5 Å². The SMILES string of the molecule is CNC(=O)c1ccc(-n2c(=O)n(CC3CCC(NC(=O)c4cc(C(F)(F)F)cnc4C)CC3)c3ccccc32)cn1. The van der Waals surface area contributed by atoms with Gasteiger partial charge < -0.3 is 10.6 Å². The molecule has 1 aliphatic rings. The molecule has 1 aliphatic carbocycles. The first-order valence-corrected chi connectivity index (χ1v) is 13.3. The molecule has 3 aromatic heterocycles. The molecule has 12 heteroatoms. The monoisotopic (exact) mass is 566 g/mol. The molecule has 1 fully saturated rings. The van der Waals surface area contributed by atoms with Crippen LogP contribution in [0.5, 0.6) is 0 Å². The number of amides is 2. The van der Waals surface area contributed by atoms with Crippen molar-refractivity contribution in [1.29, 1.82) is 0 Å². The first kappa shape index (κ1) is 28.1. The fourth-order valence-corrected chi connectivity index (χ4v) is 5.34. The molecule has 0 atom stereocenters. The molecular weight excluding hydrogens is 537 g/mol. The minimum atomic E-state index is -4.58. The third-order valence-electron chi connectivity index (χ3n) is 7.58. The first-order valence-electron chi connectivity index (χ1n) is 13.3. The van der Waals surface area contributed by atoms with Gasteiger partial charge in [0.25, 0.3) is 11.8 Å². The van der Waals surface area contributed by atoms with Gasteiger partial charge in [-0.15, -0.1) is 0 Å². The molecule has 1 saturated carbocycles. The molecule has 3 heterocycles. The van der Waals surface area contributed by atoms with Gasteiger partial charge in [0.15, 0.2) is 0 Å². The van der Waals surface area contributed by atoms with E-state index in [1.165, 1.54) is 20.2 Å². The van der Waals surface area contributed by atoms with E-state index in [9.17, 15) is 27.6 Å². The highest BCUT2D eigenvalue weighted by Gasteiger charge is 2.33. The van der Waals surface area contributed by atoms with Gasteiger partial charge in [-0.3, -0.25) is 23.7 Å². The summed E-state index contributed by atoms with van der Waals surface area (Å²) in [6, 6.07) is 11.4. The summed E-state index contributed by atoms with van der Waals surface area (Å²) in [5.41, 5.74) is 1.26. The number of nitrogens with one attached hydrogen (secondary N) is 2. The van der Waals surface area contributed by atoms with Crippen LogP contribution in [0.1, 0.15) is 57.8 Å². The van der Waals surface area contributed by atoms with E-state index in [0.29, 0.717) is 25.1 Å². The van der Waals surface area contributed by atoms with Crippen LogP contribution in [-0.2, 0) is 12.7 Å². The second-order valence-corrected chi connectivity index (χ2v) is 10.2. The van der Waals surface area contributed by atoms with E-state index in [1.54, 1.807) is 21.3 Å². The topological polar surface area (TPSA) is 111 Å². The molecule has 214 valence electrons. The molecule has 4 aromatic rings. The number of hydrogen-bond acceptors (Lipinski definition) is 5. The lowest BCUT2D eigenvalue weighted by Crippen LogP contribution is -2.39. The second-order valence-electron chi connectivity index (χ2n) is 10.2. The number of fused-ring (bicyclic) bond motifs is 1. The van der Waals surface area contributed by atoms with Crippen molar-refractivity contribution >= 4 is 22.8 Å². The zero-order valence-electron chi connectivity index (χ0n) is 22.5. The number of benzene rings is 1. The van der Waals surface area contributed by atoms with Gasteiger partial charge in [0, 0.05) is 31.5 Å². The molecule has 0 radical (unpaired) electrons. The molecule has 2 N–H and O–H groups in total. The van der Waals surface area contributed by atoms with Gasteiger partial charge in [0.05, 0.1) is 34.0 Å². The van der Waals surface area contributed by atoms with Crippen LogP contribution in [0.3, 0.4) is 0 Å². The molecule has 5 rings (SSSR count). The second kappa shape index (κ2) is 11.2. The van der Waals surface area contributed by atoms with Crippen molar-refractivity contribution < 1.29 is 22.8 Å². The molecular formula is C29H29F3N6O3. The number of aryl methyl sites for hydroxylation is 1. The Balaban J connectivity index is 1.29. The van der Waals surface area contributed by atoms with Crippen molar-refractivity contribution in [2.75, 3.05) is 7.05 Å². The van der Waals surface area contributed by atoms with Crippen molar-refractivity contribution in [3.8, 4) is 5.69 Å². The Hall–Kier alpha value is -4.48. The van der Waals surface area contributed by atoms with Gasteiger partial charge in [-0.2, -0.15) is 13.2 Å². The summed E-state index contributed by atoms with van der Waals surface area (Å²) in [5, 5.41) is 5.39. The summed E-state index contributed by atoms with van der Waals surface area (Å²) in [4.78, 5) is 46.2. The third-order valence-corrected chi connectivity index (χ3v) is 7.58. The van der Waals surface area contributed by atoms with Crippen molar-refractivity contribution in [3.63, 3.8) is 0 Å². The average molecular weight is 567 g/mol. The smallest absolute Gasteiger partial charge is 0.354 e. The molecule has 0 spiro atoms. The molecule has 0 unspecified atom stereocenters. The minimum Gasteiger partial charge on any atom is -0.354 e. The largest absolute Gasteiger partial charge is 0.417 e. The van der Waals surface area contributed by atoms with E-state index in [2.05, 4.69) is 20.6 Å². The summed E-state index contributed by atoms with van der Waals surface area (Å²) in [7, 11) is 1.52. The Labute approximate surface area is 233 Å². The molecule has 2 amide bonds. The zero-order valence-corrected chi connectivity index (χ0v) is 22.5. The molecule has 0 aliphatic heterocycles. The number of carbonyl (C=O) groups excluding carboxylic acids is 2. The normalized spacial score (nSPS) is 17.4. The number of hydrogen-bond donors (Lipinski definition) is 2. The van der Waals surface area contributed by atoms with Crippen molar-refractivity contribution in [2.24, 2.45) is 5.92 Å². The van der Waals surface area contributed by atoms with E-state index in [1.807, 2.05) is 24.3 Å². The Kier molecular flexibility index (Phi) is 7.65. The third kappa shape index (κ3) is 5.72. The standard InChI is InChI=1S/C29H29F3N6O3/c1-17-22(13-19(14-34-17)29(30,31)32)26(39)36-20-9-7-18(8-10-20)16-37-24-5-3-4-6-25(24)38(28(37)41)21-11-12-23(35-15-21)27(40)33-2/h3-6,11-15,18,20H,7-10,16H2,1-2H3,(H,33,40)(H,36,39). The molecule has 9 nitrogen and oxygen atoms in total. The van der Waals surface area contributed by atoms with E-state index in [4.69, 9.17) is 0 Å². The van der Waals surface area contributed by atoms with Crippen LogP contribution in [0.2, 0.25) is 0 Å². The predicted molar refractivity (Wildman–Crippen MR) is 146 cm³/mol. The van der Waals surface area contributed by atoms with Gasteiger partial charge >= 0.3 is 11.9 Å². The minimum absolute atomic E-state index is 0.0841. The Bertz CT molecular complexity index is 1650. The van der Waals surface area contributed by atoms with E-state index < -0.39 is 17.6 Å². The number of halogens is 3. The summed E-state index contributed by atoms with van der Waals surface area (Å²) >= 11 is 0. The van der Waals surface area contributed by atoms with Crippen LogP contribution in [0.4, 0.5) is 13.2 Å². The van der Waals surface area contributed by atoms with Gasteiger partial charge in [0.2, 0.25) is 0 Å². The maximum Gasteiger partial charge on any atom is 0.417 e. The van der Waals surface area contributed by atoms with Crippen LogP contribution in [0, 0.1) is 12.8 Å². The maximum atomic E-state index is 13.6. The summed E-state index contributed by atoms with van der Waals surface area (Å²) in [6.45, 7) is 1.99.